The summed E-state index contributed by atoms with van der Waals surface area (Å²) in [5, 5.41) is 3.29. The van der Waals surface area contributed by atoms with E-state index < -0.39 is 34.3 Å². The minimum absolute atomic E-state index is 0.00296. The van der Waals surface area contributed by atoms with Crippen LogP contribution in [0.5, 0.6) is 0 Å². The fourth-order valence-electron chi connectivity index (χ4n) is 4.87. The first-order valence-electron chi connectivity index (χ1n) is 15.1. The van der Waals surface area contributed by atoms with Gasteiger partial charge in [-0.1, -0.05) is 91.7 Å². The summed E-state index contributed by atoms with van der Waals surface area (Å²) in [5.74, 6) is -1.27. The van der Waals surface area contributed by atoms with Crippen molar-refractivity contribution in [3.05, 3.63) is 130 Å². The first-order valence-corrected chi connectivity index (χ1v) is 16.9. The number of rotatable bonds is 13. The minimum Gasteiger partial charge on any atom is -0.354 e. The number of benzene rings is 4. The average Bonchev–Trinajstić information content (AvgIpc) is 3.03. The summed E-state index contributed by atoms with van der Waals surface area (Å²) in [6, 6.07) is 25.1. The van der Waals surface area contributed by atoms with Crippen LogP contribution < -0.4 is 9.62 Å². The van der Waals surface area contributed by atoms with Crippen molar-refractivity contribution < 1.29 is 22.4 Å². The quantitative estimate of drug-likeness (QED) is 0.172. The van der Waals surface area contributed by atoms with Gasteiger partial charge in [0.2, 0.25) is 11.8 Å². The number of nitrogens with one attached hydrogen (secondary N) is 1. The van der Waals surface area contributed by atoms with Gasteiger partial charge in [0.05, 0.1) is 10.6 Å². The number of nitrogens with zero attached hydrogens (tertiary/aromatic N) is 2. The summed E-state index contributed by atoms with van der Waals surface area (Å²) in [6.07, 6.45) is 0.179. The maximum Gasteiger partial charge on any atom is 0.264 e. The third-order valence-electron chi connectivity index (χ3n) is 7.55. The van der Waals surface area contributed by atoms with E-state index in [-0.39, 0.29) is 35.4 Å². The lowest BCUT2D eigenvalue weighted by molar-refractivity contribution is -0.140. The zero-order valence-electron chi connectivity index (χ0n) is 26.4. The highest BCUT2D eigenvalue weighted by molar-refractivity contribution is 7.92. The van der Waals surface area contributed by atoms with Crippen LogP contribution in [0.2, 0.25) is 5.02 Å². The molecular formula is C36H39ClFN3O4S. The molecule has 0 unspecified atom stereocenters. The van der Waals surface area contributed by atoms with Crippen LogP contribution in [0.3, 0.4) is 0 Å². The van der Waals surface area contributed by atoms with Crippen molar-refractivity contribution in [3.63, 3.8) is 0 Å². The largest absolute Gasteiger partial charge is 0.354 e. The standard InChI is InChI=1S/C36H39ClFN3O4S/c1-25(2)22-39-36(43)34(20-28-8-6-5-7-9-28)40(23-29-13-15-30(38)16-14-29)35(42)24-41(31-17-12-27(4)33(37)21-31)46(44,45)32-18-10-26(3)11-19-32/h5-19,21,25,34H,20,22-24H2,1-4H3,(H,39,43)/t34-/m1/s1. The molecular weight excluding hydrogens is 625 g/mol. The molecule has 0 aliphatic carbocycles. The number of carbonyl (C=O) groups excluding carboxylic acids is 2. The molecule has 0 saturated heterocycles. The van der Waals surface area contributed by atoms with Crippen LogP contribution >= 0.6 is 11.6 Å². The van der Waals surface area contributed by atoms with Crippen molar-refractivity contribution in [1.29, 1.82) is 0 Å². The van der Waals surface area contributed by atoms with Gasteiger partial charge < -0.3 is 10.2 Å². The Hall–Kier alpha value is -4.21. The van der Waals surface area contributed by atoms with Crippen LogP contribution in [0, 0.1) is 25.6 Å². The molecule has 7 nitrogen and oxygen atoms in total. The highest BCUT2D eigenvalue weighted by Crippen LogP contribution is 2.29. The summed E-state index contributed by atoms with van der Waals surface area (Å²) < 4.78 is 43.2. The number of hydrogen-bond acceptors (Lipinski definition) is 4. The summed E-state index contributed by atoms with van der Waals surface area (Å²) in [5.41, 5.74) is 3.22. The van der Waals surface area contributed by atoms with Gasteiger partial charge in [0, 0.05) is 24.5 Å². The van der Waals surface area contributed by atoms with Crippen molar-refractivity contribution in [2.24, 2.45) is 5.92 Å². The Morgan fingerprint density at radius 3 is 2.13 bits per heavy atom. The SMILES string of the molecule is Cc1ccc(S(=O)(=O)N(CC(=O)N(Cc2ccc(F)cc2)[C@H](Cc2ccccc2)C(=O)NCC(C)C)c2ccc(C)c(Cl)c2)cc1. The molecule has 2 amide bonds. The van der Waals surface area contributed by atoms with E-state index in [9.17, 15) is 22.4 Å². The summed E-state index contributed by atoms with van der Waals surface area (Å²) in [4.78, 5) is 29.7. The van der Waals surface area contributed by atoms with Gasteiger partial charge >= 0.3 is 0 Å². The second kappa shape index (κ2) is 15.4. The number of aryl methyl sites for hydroxylation is 2. The van der Waals surface area contributed by atoms with Gasteiger partial charge in [-0.15, -0.1) is 0 Å². The minimum atomic E-state index is -4.26. The van der Waals surface area contributed by atoms with E-state index in [0.29, 0.717) is 17.1 Å². The summed E-state index contributed by atoms with van der Waals surface area (Å²) in [7, 11) is -4.26. The number of carbonyl (C=O) groups is 2. The fourth-order valence-corrected chi connectivity index (χ4v) is 6.45. The maximum absolute atomic E-state index is 14.5. The van der Waals surface area contributed by atoms with E-state index in [2.05, 4.69) is 5.32 Å². The van der Waals surface area contributed by atoms with Gasteiger partial charge in [-0.2, -0.15) is 0 Å². The maximum atomic E-state index is 14.5. The first-order chi connectivity index (χ1) is 21.8. The van der Waals surface area contributed by atoms with Crippen molar-refractivity contribution >= 4 is 39.1 Å². The summed E-state index contributed by atoms with van der Waals surface area (Å²) >= 11 is 6.44. The number of anilines is 1. The topological polar surface area (TPSA) is 86.8 Å². The third-order valence-corrected chi connectivity index (χ3v) is 9.75. The van der Waals surface area contributed by atoms with Crippen LogP contribution in [0.1, 0.15) is 36.1 Å². The lowest BCUT2D eigenvalue weighted by Crippen LogP contribution is -2.53. The van der Waals surface area contributed by atoms with Crippen LogP contribution in [0.25, 0.3) is 0 Å². The Kier molecular flexibility index (Phi) is 11.6. The van der Waals surface area contributed by atoms with E-state index >= 15 is 0 Å². The Bertz CT molecular complexity index is 1750. The first kappa shape index (κ1) is 34.7. The van der Waals surface area contributed by atoms with Gasteiger partial charge in [-0.05, 0) is 72.9 Å². The van der Waals surface area contributed by atoms with Gasteiger partial charge in [0.25, 0.3) is 10.0 Å². The lowest BCUT2D eigenvalue weighted by atomic mass is 10.0. The number of halogens is 2. The van der Waals surface area contributed by atoms with E-state index in [4.69, 9.17) is 11.6 Å². The Morgan fingerprint density at radius 1 is 0.870 bits per heavy atom. The molecule has 1 atom stereocenters. The molecule has 0 bridgehead atoms. The van der Waals surface area contributed by atoms with E-state index in [1.165, 1.54) is 35.2 Å². The zero-order chi connectivity index (χ0) is 33.4. The van der Waals surface area contributed by atoms with Gasteiger partial charge in [-0.25, -0.2) is 12.8 Å². The molecule has 4 aromatic rings. The van der Waals surface area contributed by atoms with Gasteiger partial charge in [-0.3, -0.25) is 13.9 Å². The molecule has 0 aliphatic rings. The molecule has 0 fully saturated rings. The van der Waals surface area contributed by atoms with Crippen molar-refractivity contribution in [2.75, 3.05) is 17.4 Å². The molecule has 0 radical (unpaired) electrons. The molecule has 242 valence electrons. The zero-order valence-corrected chi connectivity index (χ0v) is 28.0. The molecule has 0 aliphatic heterocycles. The lowest BCUT2D eigenvalue weighted by Gasteiger charge is -2.34. The molecule has 0 aromatic heterocycles. The highest BCUT2D eigenvalue weighted by Gasteiger charge is 2.34. The highest BCUT2D eigenvalue weighted by atomic mass is 35.5. The summed E-state index contributed by atoms with van der Waals surface area (Å²) in [6.45, 7) is 7.30. The second-order valence-electron chi connectivity index (χ2n) is 11.8. The molecule has 4 rings (SSSR count). The van der Waals surface area contributed by atoms with Crippen molar-refractivity contribution in [1.82, 2.24) is 10.2 Å². The molecule has 46 heavy (non-hydrogen) atoms. The number of sulfonamides is 1. The van der Waals surface area contributed by atoms with Crippen LogP contribution in [0.15, 0.2) is 102 Å². The molecule has 10 heteroatoms. The second-order valence-corrected chi connectivity index (χ2v) is 14.0. The Labute approximate surface area is 276 Å². The normalized spacial score (nSPS) is 12.1. The fraction of sp³-hybridized carbons (Fsp3) is 0.278. The monoisotopic (exact) mass is 663 g/mol. The Morgan fingerprint density at radius 2 is 1.52 bits per heavy atom. The van der Waals surface area contributed by atoms with E-state index in [1.807, 2.05) is 51.1 Å². The average molecular weight is 664 g/mol. The van der Waals surface area contributed by atoms with Crippen LogP contribution in [-0.4, -0.2) is 44.3 Å². The van der Waals surface area contributed by atoms with Crippen molar-refractivity contribution in [2.45, 2.75) is 51.6 Å². The van der Waals surface area contributed by atoms with Crippen LogP contribution in [-0.2, 0) is 32.6 Å². The number of amides is 2. The predicted molar refractivity (Wildman–Crippen MR) is 181 cm³/mol. The molecule has 4 aromatic carbocycles. The van der Waals surface area contributed by atoms with Crippen molar-refractivity contribution in [3.8, 4) is 0 Å². The van der Waals surface area contributed by atoms with Gasteiger partial charge in [0.1, 0.15) is 18.4 Å². The molecule has 0 saturated carbocycles. The van der Waals surface area contributed by atoms with Crippen LogP contribution in [0.4, 0.5) is 10.1 Å². The Balaban J connectivity index is 1.81. The predicted octanol–water partition coefficient (Wildman–Crippen LogP) is 6.70. The third kappa shape index (κ3) is 8.95. The van der Waals surface area contributed by atoms with Gasteiger partial charge in [0.15, 0.2) is 0 Å². The van der Waals surface area contributed by atoms with E-state index in [1.54, 1.807) is 43.3 Å². The molecule has 1 N–H and O–H groups in total. The smallest absolute Gasteiger partial charge is 0.264 e. The number of hydrogen-bond donors (Lipinski definition) is 1. The molecule has 0 spiro atoms. The van der Waals surface area contributed by atoms with E-state index in [0.717, 1.165) is 21.0 Å². The molecule has 0 heterocycles.